The molecular formula is C18H23Cl2N3OS. The van der Waals surface area contributed by atoms with Gasteiger partial charge in [0.05, 0.1) is 0 Å². The lowest BCUT2D eigenvalue weighted by Crippen LogP contribution is -2.31. The molecule has 1 atom stereocenters. The summed E-state index contributed by atoms with van der Waals surface area (Å²) in [5, 5.41) is 3.26. The van der Waals surface area contributed by atoms with Crippen LogP contribution < -0.4 is 16.0 Å². The van der Waals surface area contributed by atoms with Gasteiger partial charge in [0, 0.05) is 41.8 Å². The van der Waals surface area contributed by atoms with E-state index in [-0.39, 0.29) is 36.8 Å². The number of para-hydroxylation sites is 1. The van der Waals surface area contributed by atoms with Gasteiger partial charge in [-0.2, -0.15) is 12.6 Å². The zero-order valence-electron chi connectivity index (χ0n) is 13.7. The van der Waals surface area contributed by atoms with Crippen LogP contribution in [0.1, 0.15) is 15.9 Å². The predicted octanol–water partition coefficient (Wildman–Crippen LogP) is 3.40. The molecule has 1 heterocycles. The molecule has 0 aliphatic carbocycles. The first kappa shape index (κ1) is 21.6. The fourth-order valence-electron chi connectivity index (χ4n) is 2.78. The number of carbonyl (C=O) groups is 1. The van der Waals surface area contributed by atoms with Crippen molar-refractivity contribution in [1.82, 2.24) is 0 Å². The second-order valence-corrected chi connectivity index (χ2v) is 6.11. The van der Waals surface area contributed by atoms with Crippen molar-refractivity contribution in [3.63, 3.8) is 0 Å². The number of thiol groups is 1. The summed E-state index contributed by atoms with van der Waals surface area (Å²) in [4.78, 5) is 14.7. The molecule has 3 rings (SSSR count). The van der Waals surface area contributed by atoms with Gasteiger partial charge in [0.15, 0.2) is 0 Å². The Morgan fingerprint density at radius 3 is 2.72 bits per heavy atom. The normalized spacial score (nSPS) is 13.3. The number of carbonyl (C=O) groups excluding carboxylic acids is 1. The molecule has 2 aromatic rings. The minimum atomic E-state index is -0.0110. The van der Waals surface area contributed by atoms with Crippen molar-refractivity contribution >= 4 is 54.7 Å². The molecule has 1 amide bonds. The molecule has 7 heteroatoms. The zero-order valence-corrected chi connectivity index (χ0v) is 16.2. The highest BCUT2D eigenvalue weighted by molar-refractivity contribution is 7.80. The van der Waals surface area contributed by atoms with Crippen LogP contribution in [-0.2, 0) is 6.42 Å². The predicted molar refractivity (Wildman–Crippen MR) is 113 cm³/mol. The smallest absolute Gasteiger partial charge is 0.258 e. The van der Waals surface area contributed by atoms with Crippen LogP contribution in [0.3, 0.4) is 0 Å². The first-order chi connectivity index (χ1) is 11.2. The zero-order chi connectivity index (χ0) is 16.2. The van der Waals surface area contributed by atoms with Crippen molar-refractivity contribution in [3.8, 4) is 0 Å². The fourth-order valence-corrected chi connectivity index (χ4v) is 2.91. The number of hydrogen-bond acceptors (Lipinski definition) is 4. The van der Waals surface area contributed by atoms with Crippen molar-refractivity contribution in [2.45, 2.75) is 12.5 Å². The molecule has 3 N–H and O–H groups in total. The van der Waals surface area contributed by atoms with Gasteiger partial charge in [0.2, 0.25) is 0 Å². The molecule has 0 fully saturated rings. The van der Waals surface area contributed by atoms with Crippen LogP contribution in [0.25, 0.3) is 0 Å². The fraction of sp³-hybridized carbons (Fsp3) is 0.278. The average molecular weight is 400 g/mol. The first-order valence-electron chi connectivity index (χ1n) is 7.79. The summed E-state index contributed by atoms with van der Waals surface area (Å²) in [6.45, 7) is 1.37. The number of anilines is 2. The number of fused-ring (bicyclic) bond motifs is 1. The highest BCUT2D eigenvalue weighted by Gasteiger charge is 2.25. The van der Waals surface area contributed by atoms with E-state index in [9.17, 15) is 4.79 Å². The second-order valence-electron chi connectivity index (χ2n) is 5.74. The van der Waals surface area contributed by atoms with Crippen LogP contribution in [0, 0.1) is 0 Å². The summed E-state index contributed by atoms with van der Waals surface area (Å²) >= 11 is 4.17. The van der Waals surface area contributed by atoms with E-state index >= 15 is 0 Å². The summed E-state index contributed by atoms with van der Waals surface area (Å²) in [6.07, 6.45) is 0.913. The van der Waals surface area contributed by atoms with Crippen molar-refractivity contribution in [1.29, 1.82) is 0 Å². The van der Waals surface area contributed by atoms with Crippen LogP contribution >= 0.6 is 37.4 Å². The van der Waals surface area contributed by atoms with Crippen molar-refractivity contribution in [3.05, 3.63) is 59.7 Å². The third-order valence-corrected chi connectivity index (χ3v) is 4.51. The van der Waals surface area contributed by atoms with Crippen molar-refractivity contribution in [2.75, 3.05) is 29.1 Å². The van der Waals surface area contributed by atoms with E-state index in [1.807, 2.05) is 47.4 Å². The minimum absolute atomic E-state index is 0. The van der Waals surface area contributed by atoms with Gasteiger partial charge in [-0.15, -0.1) is 24.8 Å². The Morgan fingerprint density at radius 2 is 1.96 bits per heavy atom. The van der Waals surface area contributed by atoms with E-state index < -0.39 is 0 Å². The highest BCUT2D eigenvalue weighted by Crippen LogP contribution is 2.29. The van der Waals surface area contributed by atoms with Crippen LogP contribution in [-0.4, -0.2) is 30.8 Å². The Hall–Kier alpha value is -1.40. The third-order valence-electron chi connectivity index (χ3n) is 4.04. The Labute approximate surface area is 166 Å². The standard InChI is InChI=1S/C18H21N3OS.2ClH/c19-15(12-23)11-20-16-6-3-5-14(10-16)18(22)21-9-8-13-4-1-2-7-17(13)21;;/h1-7,10,15,20,23H,8-9,11-12,19H2;2*1H. The number of amides is 1. The van der Waals surface area contributed by atoms with E-state index in [0.717, 1.165) is 24.3 Å². The van der Waals surface area contributed by atoms with Crippen LogP contribution in [0.2, 0.25) is 0 Å². The van der Waals surface area contributed by atoms with E-state index in [0.29, 0.717) is 17.9 Å². The van der Waals surface area contributed by atoms with Crippen LogP contribution in [0.4, 0.5) is 11.4 Å². The molecule has 0 bridgehead atoms. The Morgan fingerprint density at radius 1 is 1.20 bits per heavy atom. The highest BCUT2D eigenvalue weighted by atomic mass is 35.5. The van der Waals surface area contributed by atoms with Gasteiger partial charge in [-0.25, -0.2) is 0 Å². The summed E-state index contributed by atoms with van der Waals surface area (Å²) < 4.78 is 0. The maximum absolute atomic E-state index is 12.8. The molecule has 0 saturated heterocycles. The number of nitrogens with zero attached hydrogens (tertiary/aromatic N) is 1. The van der Waals surface area contributed by atoms with Gasteiger partial charge in [-0.3, -0.25) is 4.79 Å². The Bertz CT molecular complexity index is 714. The Kier molecular flexibility index (Phi) is 8.59. The number of nitrogens with one attached hydrogen (secondary N) is 1. The van der Waals surface area contributed by atoms with Crippen molar-refractivity contribution in [2.24, 2.45) is 5.73 Å². The Balaban J connectivity index is 0.00000156. The minimum Gasteiger partial charge on any atom is -0.383 e. The molecule has 1 aliphatic heterocycles. The van der Waals surface area contributed by atoms with Crippen LogP contribution in [0.5, 0.6) is 0 Å². The molecule has 0 radical (unpaired) electrons. The average Bonchev–Trinajstić information content (AvgIpc) is 3.03. The number of rotatable bonds is 5. The summed E-state index contributed by atoms with van der Waals surface area (Å²) in [5.74, 6) is 0.660. The number of halogens is 2. The number of benzene rings is 2. The van der Waals surface area contributed by atoms with Gasteiger partial charge in [-0.1, -0.05) is 24.3 Å². The number of hydrogen-bond donors (Lipinski definition) is 3. The maximum Gasteiger partial charge on any atom is 0.258 e. The lowest BCUT2D eigenvalue weighted by molar-refractivity contribution is 0.0989. The van der Waals surface area contributed by atoms with Gasteiger partial charge < -0.3 is 16.0 Å². The lowest BCUT2D eigenvalue weighted by atomic mass is 10.1. The van der Waals surface area contributed by atoms with Crippen molar-refractivity contribution < 1.29 is 4.79 Å². The molecule has 136 valence electrons. The molecule has 25 heavy (non-hydrogen) atoms. The molecule has 0 aromatic heterocycles. The molecule has 2 aromatic carbocycles. The third kappa shape index (κ3) is 5.05. The number of nitrogens with two attached hydrogens (primary N) is 1. The van der Waals surface area contributed by atoms with Gasteiger partial charge in [-0.05, 0) is 36.2 Å². The monoisotopic (exact) mass is 399 g/mol. The quantitative estimate of drug-likeness (QED) is 0.675. The second kappa shape index (κ2) is 9.92. The van der Waals surface area contributed by atoms with E-state index in [1.54, 1.807) is 0 Å². The molecule has 0 saturated carbocycles. The molecule has 1 aliphatic rings. The topological polar surface area (TPSA) is 58.4 Å². The first-order valence-corrected chi connectivity index (χ1v) is 8.42. The van der Waals surface area contributed by atoms with Gasteiger partial charge in [0.25, 0.3) is 5.91 Å². The maximum atomic E-state index is 12.8. The molecule has 0 spiro atoms. The summed E-state index contributed by atoms with van der Waals surface area (Å²) in [5.41, 5.74) is 9.70. The SMILES string of the molecule is Cl.Cl.NC(CS)CNc1cccc(C(=O)N2CCc3ccccc32)c1. The summed E-state index contributed by atoms with van der Waals surface area (Å²) in [6, 6.07) is 15.6. The van der Waals surface area contributed by atoms with E-state index in [1.165, 1.54) is 5.56 Å². The lowest BCUT2D eigenvalue weighted by Gasteiger charge is -2.18. The van der Waals surface area contributed by atoms with Gasteiger partial charge >= 0.3 is 0 Å². The molecular weight excluding hydrogens is 377 g/mol. The van der Waals surface area contributed by atoms with E-state index in [4.69, 9.17) is 5.73 Å². The van der Waals surface area contributed by atoms with E-state index in [2.05, 4.69) is 24.0 Å². The summed E-state index contributed by atoms with van der Waals surface area (Å²) in [7, 11) is 0. The molecule has 1 unspecified atom stereocenters. The van der Waals surface area contributed by atoms with Crippen LogP contribution in [0.15, 0.2) is 48.5 Å². The molecule has 4 nitrogen and oxygen atoms in total. The largest absolute Gasteiger partial charge is 0.383 e. The van der Waals surface area contributed by atoms with Gasteiger partial charge in [0.1, 0.15) is 0 Å².